The van der Waals surface area contributed by atoms with E-state index >= 15 is 0 Å². The highest BCUT2D eigenvalue weighted by Crippen LogP contribution is 2.43. The zero-order valence-electron chi connectivity index (χ0n) is 6.65. The molecule has 50 valence electrons. The Kier molecular flexibility index (Phi) is 1.50. The largest absolute Gasteiger partial charge is 0.123 e. The second-order valence-electron chi connectivity index (χ2n) is 3.16. The molecule has 0 radical (unpaired) electrons. The van der Waals surface area contributed by atoms with Crippen LogP contribution in [0.5, 0.6) is 0 Å². The lowest BCUT2D eigenvalue weighted by Gasteiger charge is -1.73. The number of hydrogen-bond donors (Lipinski definition) is 0. The Morgan fingerprint density at radius 3 is 1.78 bits per heavy atom. The van der Waals surface area contributed by atoms with Gasteiger partial charge in [0, 0.05) is 0 Å². The van der Waals surface area contributed by atoms with Gasteiger partial charge in [0.15, 0.2) is 0 Å². The van der Waals surface area contributed by atoms with Crippen LogP contribution in [-0.2, 0) is 0 Å². The van der Waals surface area contributed by atoms with Crippen molar-refractivity contribution in [2.75, 3.05) is 0 Å². The van der Waals surface area contributed by atoms with Gasteiger partial charge >= 0.3 is 0 Å². The Bertz CT molecular complexity index is 166. The fraction of sp³-hybridized carbons (Fsp3) is 0.667. The molecule has 2 atom stereocenters. The van der Waals surface area contributed by atoms with Gasteiger partial charge in [-0.25, -0.2) is 0 Å². The number of allylic oxidation sites excluding steroid dienone is 1. The van der Waals surface area contributed by atoms with Crippen LogP contribution in [0.4, 0.5) is 0 Å². The van der Waals surface area contributed by atoms with Gasteiger partial charge in [-0.15, -0.1) is 5.73 Å². The van der Waals surface area contributed by atoms with Crippen molar-refractivity contribution >= 4 is 0 Å². The van der Waals surface area contributed by atoms with E-state index in [0.717, 1.165) is 11.8 Å². The Morgan fingerprint density at radius 2 is 1.67 bits per heavy atom. The lowest BCUT2D eigenvalue weighted by Crippen LogP contribution is -1.58. The lowest BCUT2D eigenvalue weighted by molar-refractivity contribution is 0.834. The molecule has 9 heavy (non-hydrogen) atoms. The molecule has 0 aromatic heterocycles. The van der Waals surface area contributed by atoms with Gasteiger partial charge in [-0.2, -0.15) is 0 Å². The lowest BCUT2D eigenvalue weighted by atomic mass is 10.3. The summed E-state index contributed by atoms with van der Waals surface area (Å²) in [5.74, 6) is 1.61. The first kappa shape index (κ1) is 6.64. The molecule has 1 aliphatic carbocycles. The fourth-order valence-electron chi connectivity index (χ4n) is 1.08. The van der Waals surface area contributed by atoms with Gasteiger partial charge < -0.3 is 0 Å². The van der Waals surface area contributed by atoms with Gasteiger partial charge in [-0.3, -0.25) is 0 Å². The molecule has 1 aliphatic rings. The standard InChI is InChI=1S/C9H14/c1-6(2)5-9-7(3)8(9)4/h7-8H,1-4H3. The third kappa shape index (κ3) is 1.25. The summed E-state index contributed by atoms with van der Waals surface area (Å²) in [5, 5.41) is 0. The van der Waals surface area contributed by atoms with E-state index in [9.17, 15) is 0 Å². The molecule has 0 heterocycles. The minimum atomic E-state index is 0.805. The molecule has 2 unspecified atom stereocenters. The zero-order chi connectivity index (χ0) is 7.02. The minimum Gasteiger partial charge on any atom is -0.123 e. The monoisotopic (exact) mass is 122 g/mol. The maximum atomic E-state index is 3.35. The van der Waals surface area contributed by atoms with Crippen LogP contribution >= 0.6 is 0 Å². The van der Waals surface area contributed by atoms with E-state index in [-0.39, 0.29) is 0 Å². The van der Waals surface area contributed by atoms with Gasteiger partial charge in [-0.1, -0.05) is 13.8 Å². The Labute approximate surface area is 57.3 Å². The summed E-state index contributed by atoms with van der Waals surface area (Å²) in [7, 11) is 0. The van der Waals surface area contributed by atoms with Crippen molar-refractivity contribution in [1.29, 1.82) is 0 Å². The van der Waals surface area contributed by atoms with Crippen molar-refractivity contribution in [2.24, 2.45) is 11.8 Å². The van der Waals surface area contributed by atoms with Crippen LogP contribution in [0, 0.1) is 11.8 Å². The molecular weight excluding hydrogens is 108 g/mol. The quantitative estimate of drug-likeness (QED) is 0.433. The zero-order valence-corrected chi connectivity index (χ0v) is 6.65. The molecule has 0 amide bonds. The summed E-state index contributed by atoms with van der Waals surface area (Å²) in [6.45, 7) is 8.72. The van der Waals surface area contributed by atoms with E-state index in [0.29, 0.717) is 0 Å². The highest BCUT2D eigenvalue weighted by molar-refractivity contribution is 5.27. The van der Waals surface area contributed by atoms with Gasteiger partial charge in [-0.05, 0) is 36.8 Å². The average molecular weight is 122 g/mol. The Hall–Kier alpha value is -0.480. The van der Waals surface area contributed by atoms with Gasteiger partial charge in [0.1, 0.15) is 0 Å². The summed E-state index contributed by atoms with van der Waals surface area (Å²) < 4.78 is 0. The molecular formula is C9H14. The summed E-state index contributed by atoms with van der Waals surface area (Å²) in [6, 6.07) is 0. The summed E-state index contributed by atoms with van der Waals surface area (Å²) in [4.78, 5) is 0. The summed E-state index contributed by atoms with van der Waals surface area (Å²) in [5.41, 5.74) is 6.17. The van der Waals surface area contributed by atoms with Crippen molar-refractivity contribution in [1.82, 2.24) is 0 Å². The van der Waals surface area contributed by atoms with E-state index in [4.69, 9.17) is 0 Å². The molecule has 0 aromatic rings. The molecule has 0 saturated heterocycles. The van der Waals surface area contributed by atoms with E-state index in [2.05, 4.69) is 33.4 Å². The van der Waals surface area contributed by atoms with E-state index < -0.39 is 0 Å². The molecule has 1 fully saturated rings. The molecule has 1 saturated carbocycles. The van der Waals surface area contributed by atoms with Gasteiger partial charge in [0.05, 0.1) is 0 Å². The van der Waals surface area contributed by atoms with Crippen molar-refractivity contribution in [3.8, 4) is 0 Å². The van der Waals surface area contributed by atoms with Crippen molar-refractivity contribution < 1.29 is 0 Å². The second-order valence-corrected chi connectivity index (χ2v) is 3.16. The SMILES string of the molecule is CC(C)=C=C1C(C)C1C. The van der Waals surface area contributed by atoms with Crippen LogP contribution in [0.3, 0.4) is 0 Å². The van der Waals surface area contributed by atoms with Crippen LogP contribution < -0.4 is 0 Å². The van der Waals surface area contributed by atoms with Crippen LogP contribution in [0.2, 0.25) is 0 Å². The number of rotatable bonds is 0. The molecule has 0 aliphatic heterocycles. The first-order chi connectivity index (χ1) is 4.13. The molecule has 0 bridgehead atoms. The van der Waals surface area contributed by atoms with E-state index in [1.165, 1.54) is 11.1 Å². The second kappa shape index (κ2) is 2.04. The van der Waals surface area contributed by atoms with Crippen LogP contribution in [0.1, 0.15) is 27.7 Å². The third-order valence-corrected chi connectivity index (χ3v) is 2.02. The van der Waals surface area contributed by atoms with Crippen molar-refractivity contribution in [3.05, 3.63) is 16.9 Å². The topological polar surface area (TPSA) is 0 Å². The van der Waals surface area contributed by atoms with Gasteiger partial charge in [0.25, 0.3) is 0 Å². The number of hydrogen-bond acceptors (Lipinski definition) is 0. The Balaban J connectivity index is 2.79. The molecule has 0 aromatic carbocycles. The predicted octanol–water partition coefficient (Wildman–Crippen LogP) is 2.76. The van der Waals surface area contributed by atoms with Crippen LogP contribution in [0.25, 0.3) is 0 Å². The van der Waals surface area contributed by atoms with E-state index in [1.54, 1.807) is 0 Å². The molecule has 0 heteroatoms. The molecule has 0 nitrogen and oxygen atoms in total. The van der Waals surface area contributed by atoms with Crippen molar-refractivity contribution in [2.45, 2.75) is 27.7 Å². The highest BCUT2D eigenvalue weighted by atomic mass is 14.4. The first-order valence-corrected chi connectivity index (χ1v) is 3.57. The fourth-order valence-corrected chi connectivity index (χ4v) is 1.08. The minimum absolute atomic E-state index is 0.805. The van der Waals surface area contributed by atoms with Crippen LogP contribution in [-0.4, -0.2) is 0 Å². The summed E-state index contributed by atoms with van der Waals surface area (Å²) >= 11 is 0. The van der Waals surface area contributed by atoms with E-state index in [1.807, 2.05) is 0 Å². The Morgan fingerprint density at radius 1 is 1.22 bits per heavy atom. The molecule has 0 N–H and O–H groups in total. The third-order valence-electron chi connectivity index (χ3n) is 2.02. The maximum absolute atomic E-state index is 3.35. The predicted molar refractivity (Wildman–Crippen MR) is 40.2 cm³/mol. The van der Waals surface area contributed by atoms with Crippen molar-refractivity contribution in [3.63, 3.8) is 0 Å². The average Bonchev–Trinajstić information content (AvgIpc) is 2.22. The van der Waals surface area contributed by atoms with Crippen LogP contribution in [0.15, 0.2) is 16.9 Å². The maximum Gasteiger partial charge on any atom is -0.00834 e. The molecule has 0 spiro atoms. The normalized spacial score (nSPS) is 31.8. The smallest absolute Gasteiger partial charge is 0.00834 e. The summed E-state index contributed by atoms with van der Waals surface area (Å²) in [6.07, 6.45) is 0. The first-order valence-electron chi connectivity index (χ1n) is 3.57. The highest BCUT2D eigenvalue weighted by Gasteiger charge is 2.35. The van der Waals surface area contributed by atoms with Gasteiger partial charge in [0.2, 0.25) is 0 Å². The molecule has 1 rings (SSSR count).